The number of aromatic nitrogens is 1. The number of aryl methyl sites for hydroxylation is 1. The molecule has 0 amide bonds. The van der Waals surface area contributed by atoms with Crippen LogP contribution in [0.1, 0.15) is 24.1 Å². The minimum absolute atomic E-state index is 0.785. The first-order chi connectivity index (χ1) is 8.72. The van der Waals surface area contributed by atoms with Crippen LogP contribution in [0.15, 0.2) is 16.6 Å². The third kappa shape index (κ3) is 1.67. The highest BCUT2D eigenvalue weighted by molar-refractivity contribution is 9.10. The average Bonchev–Trinajstić information content (AvgIpc) is 2.39. The van der Waals surface area contributed by atoms with Gasteiger partial charge >= 0.3 is 0 Å². The Kier molecular flexibility index (Phi) is 2.90. The van der Waals surface area contributed by atoms with Crippen LogP contribution in [0.5, 0.6) is 5.75 Å². The molecule has 3 nitrogen and oxygen atoms in total. The Morgan fingerprint density at radius 3 is 2.83 bits per heavy atom. The maximum absolute atomic E-state index is 6.34. The van der Waals surface area contributed by atoms with Crippen molar-refractivity contribution < 1.29 is 4.74 Å². The van der Waals surface area contributed by atoms with E-state index in [9.17, 15) is 0 Å². The van der Waals surface area contributed by atoms with Crippen LogP contribution in [0.4, 0.5) is 5.69 Å². The molecule has 0 fully saturated rings. The molecule has 1 aromatic heterocycles. The van der Waals surface area contributed by atoms with Gasteiger partial charge in [0.15, 0.2) is 0 Å². The van der Waals surface area contributed by atoms with E-state index in [1.54, 1.807) is 7.11 Å². The molecule has 4 heteroatoms. The van der Waals surface area contributed by atoms with Crippen molar-refractivity contribution in [1.29, 1.82) is 0 Å². The summed E-state index contributed by atoms with van der Waals surface area (Å²) in [6.45, 7) is 0. The Bertz CT molecular complexity index is 625. The molecular formula is C14H15BrN2O. The maximum Gasteiger partial charge on any atom is 0.145 e. The summed E-state index contributed by atoms with van der Waals surface area (Å²) in [4.78, 5) is 4.77. The first kappa shape index (κ1) is 11.8. The van der Waals surface area contributed by atoms with Gasteiger partial charge in [-0.05, 0) is 43.4 Å². The van der Waals surface area contributed by atoms with Gasteiger partial charge in [0, 0.05) is 21.2 Å². The number of nitrogens with two attached hydrogens (primary N) is 1. The monoisotopic (exact) mass is 306 g/mol. The van der Waals surface area contributed by atoms with E-state index in [1.165, 1.54) is 18.4 Å². The Balaban J connectivity index is 2.41. The van der Waals surface area contributed by atoms with Crippen LogP contribution in [-0.2, 0) is 12.8 Å². The number of hydrogen-bond donors (Lipinski definition) is 1. The average molecular weight is 307 g/mol. The van der Waals surface area contributed by atoms with Gasteiger partial charge in [-0.25, -0.2) is 4.98 Å². The van der Waals surface area contributed by atoms with Crippen molar-refractivity contribution in [2.45, 2.75) is 25.7 Å². The van der Waals surface area contributed by atoms with Gasteiger partial charge < -0.3 is 10.5 Å². The lowest BCUT2D eigenvalue weighted by molar-refractivity contribution is 0.418. The number of hydrogen-bond acceptors (Lipinski definition) is 3. The molecular weight excluding hydrogens is 292 g/mol. The Morgan fingerprint density at radius 1 is 1.28 bits per heavy atom. The van der Waals surface area contributed by atoms with E-state index in [0.29, 0.717) is 0 Å². The van der Waals surface area contributed by atoms with Crippen LogP contribution in [0, 0.1) is 0 Å². The number of nitrogen functional groups attached to an aromatic ring is 1. The van der Waals surface area contributed by atoms with Crippen LogP contribution in [0.2, 0.25) is 0 Å². The smallest absolute Gasteiger partial charge is 0.145 e. The first-order valence-electron chi connectivity index (χ1n) is 6.16. The normalized spacial score (nSPS) is 14.6. The number of ether oxygens (including phenoxy) is 1. The molecule has 1 aromatic carbocycles. The fraction of sp³-hybridized carbons (Fsp3) is 0.357. The summed E-state index contributed by atoms with van der Waals surface area (Å²) in [5.41, 5.74) is 10.4. The van der Waals surface area contributed by atoms with E-state index in [1.807, 2.05) is 12.1 Å². The second kappa shape index (κ2) is 4.43. The predicted octanol–water partition coefficient (Wildman–Crippen LogP) is 3.47. The summed E-state index contributed by atoms with van der Waals surface area (Å²) in [7, 11) is 1.67. The number of methoxy groups -OCH3 is 1. The van der Waals surface area contributed by atoms with Gasteiger partial charge in [-0.1, -0.05) is 15.9 Å². The third-order valence-corrected chi connectivity index (χ3v) is 4.25. The predicted molar refractivity (Wildman–Crippen MR) is 77.0 cm³/mol. The molecule has 0 bridgehead atoms. The molecule has 0 spiro atoms. The number of anilines is 1. The van der Waals surface area contributed by atoms with Crippen LogP contribution >= 0.6 is 15.9 Å². The molecule has 94 valence electrons. The zero-order valence-electron chi connectivity index (χ0n) is 10.3. The molecule has 18 heavy (non-hydrogen) atoms. The van der Waals surface area contributed by atoms with Crippen LogP contribution in [0.25, 0.3) is 10.9 Å². The number of halogens is 1. The molecule has 0 saturated carbocycles. The Labute approximate surface area is 114 Å². The lowest BCUT2D eigenvalue weighted by Gasteiger charge is -2.20. The molecule has 0 radical (unpaired) electrons. The Morgan fingerprint density at radius 2 is 2.06 bits per heavy atom. The zero-order valence-corrected chi connectivity index (χ0v) is 11.9. The highest BCUT2D eigenvalue weighted by atomic mass is 79.9. The van der Waals surface area contributed by atoms with E-state index in [0.717, 1.165) is 45.3 Å². The number of benzene rings is 1. The van der Waals surface area contributed by atoms with Gasteiger partial charge in [0.05, 0.1) is 7.11 Å². The van der Waals surface area contributed by atoms with E-state index in [4.69, 9.17) is 15.5 Å². The van der Waals surface area contributed by atoms with Crippen molar-refractivity contribution in [2.24, 2.45) is 0 Å². The van der Waals surface area contributed by atoms with Crippen LogP contribution in [-0.4, -0.2) is 12.1 Å². The minimum atomic E-state index is 0.785. The summed E-state index contributed by atoms with van der Waals surface area (Å²) in [5.74, 6) is 0.785. The molecule has 1 heterocycles. The second-order valence-electron chi connectivity index (χ2n) is 4.63. The lowest BCUT2D eigenvalue weighted by atomic mass is 9.93. The van der Waals surface area contributed by atoms with Gasteiger partial charge in [-0.2, -0.15) is 0 Å². The number of fused-ring (bicyclic) bond motifs is 2. The first-order valence-corrected chi connectivity index (χ1v) is 6.95. The summed E-state index contributed by atoms with van der Waals surface area (Å²) in [5, 5.41) is 0.981. The summed E-state index contributed by atoms with van der Waals surface area (Å²) in [6.07, 6.45) is 4.45. The molecule has 0 saturated heterocycles. The standard InChI is InChI=1S/C14H15BrN2O/c1-18-11-7-6-9(15)12-13(16)8-4-2-3-5-10(8)17-14(11)12/h6-7H,2-5H2,1H3,(H2,16,17). The van der Waals surface area contributed by atoms with Crippen molar-refractivity contribution in [1.82, 2.24) is 4.98 Å². The van der Waals surface area contributed by atoms with Gasteiger partial charge in [-0.3, -0.25) is 0 Å². The van der Waals surface area contributed by atoms with E-state index >= 15 is 0 Å². The topological polar surface area (TPSA) is 48.1 Å². The van der Waals surface area contributed by atoms with E-state index in [2.05, 4.69) is 15.9 Å². The fourth-order valence-corrected chi connectivity index (χ4v) is 3.20. The second-order valence-corrected chi connectivity index (χ2v) is 5.49. The van der Waals surface area contributed by atoms with Crippen LogP contribution in [0.3, 0.4) is 0 Å². The lowest BCUT2D eigenvalue weighted by Crippen LogP contribution is -2.10. The van der Waals surface area contributed by atoms with Crippen molar-refractivity contribution in [2.75, 3.05) is 12.8 Å². The molecule has 1 aliphatic carbocycles. The fourth-order valence-electron chi connectivity index (χ4n) is 2.67. The number of nitrogens with zero attached hydrogens (tertiary/aromatic N) is 1. The van der Waals surface area contributed by atoms with Gasteiger partial charge in [0.1, 0.15) is 11.3 Å². The van der Waals surface area contributed by atoms with Crippen LogP contribution < -0.4 is 10.5 Å². The highest BCUT2D eigenvalue weighted by Gasteiger charge is 2.19. The summed E-state index contributed by atoms with van der Waals surface area (Å²) >= 11 is 3.56. The molecule has 0 atom stereocenters. The number of rotatable bonds is 1. The molecule has 0 aliphatic heterocycles. The zero-order chi connectivity index (χ0) is 12.7. The van der Waals surface area contributed by atoms with Crippen molar-refractivity contribution >= 4 is 32.5 Å². The van der Waals surface area contributed by atoms with Gasteiger partial charge in [-0.15, -0.1) is 0 Å². The van der Waals surface area contributed by atoms with E-state index in [-0.39, 0.29) is 0 Å². The minimum Gasteiger partial charge on any atom is -0.494 e. The molecule has 0 unspecified atom stereocenters. The molecule has 2 N–H and O–H groups in total. The van der Waals surface area contributed by atoms with Crippen molar-refractivity contribution in [3.8, 4) is 5.75 Å². The van der Waals surface area contributed by atoms with Gasteiger partial charge in [0.2, 0.25) is 0 Å². The van der Waals surface area contributed by atoms with Gasteiger partial charge in [0.25, 0.3) is 0 Å². The SMILES string of the molecule is COc1ccc(Br)c2c(N)c3c(nc12)CCCC3. The maximum atomic E-state index is 6.34. The number of pyridine rings is 1. The summed E-state index contributed by atoms with van der Waals surface area (Å²) < 4.78 is 6.37. The highest BCUT2D eigenvalue weighted by Crippen LogP contribution is 2.38. The quantitative estimate of drug-likeness (QED) is 0.877. The summed E-state index contributed by atoms with van der Waals surface area (Å²) in [6, 6.07) is 3.89. The molecule has 3 rings (SSSR count). The molecule has 2 aromatic rings. The van der Waals surface area contributed by atoms with Crippen molar-refractivity contribution in [3.63, 3.8) is 0 Å². The van der Waals surface area contributed by atoms with Crippen molar-refractivity contribution in [3.05, 3.63) is 27.9 Å². The Hall–Kier alpha value is -1.29. The largest absolute Gasteiger partial charge is 0.494 e. The third-order valence-electron chi connectivity index (χ3n) is 3.59. The van der Waals surface area contributed by atoms with E-state index < -0.39 is 0 Å². The molecule has 1 aliphatic rings.